The SMILES string of the molecule is Cn1nccc1CCNCc1ccc(CCl)cc1. The Bertz CT molecular complexity index is 476. The molecule has 0 aliphatic heterocycles. The fourth-order valence-corrected chi connectivity index (χ4v) is 2.02. The summed E-state index contributed by atoms with van der Waals surface area (Å²) in [4.78, 5) is 0. The lowest BCUT2D eigenvalue weighted by atomic mass is 10.1. The minimum Gasteiger partial charge on any atom is -0.312 e. The van der Waals surface area contributed by atoms with E-state index in [1.807, 2.05) is 17.9 Å². The van der Waals surface area contributed by atoms with Crippen molar-refractivity contribution in [3.05, 3.63) is 53.3 Å². The Morgan fingerprint density at radius 1 is 1.17 bits per heavy atom. The number of nitrogens with zero attached hydrogens (tertiary/aromatic N) is 2. The van der Waals surface area contributed by atoms with Crippen LogP contribution in [0.25, 0.3) is 0 Å². The van der Waals surface area contributed by atoms with Crippen LogP contribution < -0.4 is 5.32 Å². The second kappa shape index (κ2) is 6.57. The van der Waals surface area contributed by atoms with Crippen molar-refractivity contribution >= 4 is 11.6 Å². The zero-order chi connectivity index (χ0) is 12.8. The van der Waals surface area contributed by atoms with Crippen LogP contribution in [0.2, 0.25) is 0 Å². The zero-order valence-corrected chi connectivity index (χ0v) is 11.3. The molecule has 0 spiro atoms. The second-order valence-electron chi connectivity index (χ2n) is 4.32. The van der Waals surface area contributed by atoms with E-state index in [0.717, 1.165) is 25.1 Å². The van der Waals surface area contributed by atoms with Gasteiger partial charge in [-0.25, -0.2) is 0 Å². The summed E-state index contributed by atoms with van der Waals surface area (Å²) in [6.07, 6.45) is 2.83. The van der Waals surface area contributed by atoms with Crippen molar-refractivity contribution in [2.24, 2.45) is 7.05 Å². The van der Waals surface area contributed by atoms with Gasteiger partial charge in [0.15, 0.2) is 0 Å². The minimum absolute atomic E-state index is 0.578. The summed E-state index contributed by atoms with van der Waals surface area (Å²) in [5.74, 6) is 0.578. The lowest BCUT2D eigenvalue weighted by molar-refractivity contribution is 0.643. The summed E-state index contributed by atoms with van der Waals surface area (Å²) in [7, 11) is 1.97. The van der Waals surface area contributed by atoms with Gasteiger partial charge in [-0.2, -0.15) is 5.10 Å². The number of rotatable bonds is 6. The van der Waals surface area contributed by atoms with E-state index >= 15 is 0 Å². The molecule has 2 aromatic rings. The average Bonchev–Trinajstić information content (AvgIpc) is 2.81. The first-order valence-corrected chi connectivity index (χ1v) is 6.64. The van der Waals surface area contributed by atoms with E-state index in [-0.39, 0.29) is 0 Å². The minimum atomic E-state index is 0.578. The second-order valence-corrected chi connectivity index (χ2v) is 4.59. The fourth-order valence-electron chi connectivity index (χ4n) is 1.84. The molecule has 1 aromatic carbocycles. The molecule has 0 radical (unpaired) electrons. The van der Waals surface area contributed by atoms with Gasteiger partial charge in [0.2, 0.25) is 0 Å². The van der Waals surface area contributed by atoms with Crippen LogP contribution >= 0.6 is 11.6 Å². The van der Waals surface area contributed by atoms with Crippen molar-refractivity contribution in [1.82, 2.24) is 15.1 Å². The normalized spacial score (nSPS) is 10.8. The Labute approximate surface area is 113 Å². The fraction of sp³-hybridized carbons (Fsp3) is 0.357. The number of hydrogen-bond acceptors (Lipinski definition) is 2. The smallest absolute Gasteiger partial charge is 0.0492 e. The third kappa shape index (κ3) is 3.59. The molecule has 96 valence electrons. The van der Waals surface area contributed by atoms with Crippen molar-refractivity contribution in [2.45, 2.75) is 18.8 Å². The van der Waals surface area contributed by atoms with E-state index in [2.05, 4.69) is 40.7 Å². The molecule has 0 aliphatic carbocycles. The van der Waals surface area contributed by atoms with Crippen LogP contribution in [0.15, 0.2) is 36.5 Å². The molecule has 0 saturated heterocycles. The van der Waals surface area contributed by atoms with Crippen LogP contribution in [-0.2, 0) is 25.9 Å². The summed E-state index contributed by atoms with van der Waals surface area (Å²) in [6.45, 7) is 1.84. The number of benzene rings is 1. The molecule has 0 atom stereocenters. The van der Waals surface area contributed by atoms with Gasteiger partial charge < -0.3 is 5.32 Å². The predicted molar refractivity (Wildman–Crippen MR) is 74.6 cm³/mol. The highest BCUT2D eigenvalue weighted by molar-refractivity contribution is 6.17. The third-order valence-electron chi connectivity index (χ3n) is 2.99. The van der Waals surface area contributed by atoms with E-state index in [1.54, 1.807) is 0 Å². The van der Waals surface area contributed by atoms with Gasteiger partial charge in [-0.3, -0.25) is 4.68 Å². The van der Waals surface area contributed by atoms with Gasteiger partial charge in [0.25, 0.3) is 0 Å². The van der Waals surface area contributed by atoms with Crippen LogP contribution in [0, 0.1) is 0 Å². The first-order valence-electron chi connectivity index (χ1n) is 6.11. The maximum absolute atomic E-state index is 5.75. The Morgan fingerprint density at radius 3 is 2.50 bits per heavy atom. The summed E-state index contributed by atoms with van der Waals surface area (Å²) >= 11 is 5.75. The maximum Gasteiger partial charge on any atom is 0.0492 e. The van der Waals surface area contributed by atoms with Crippen molar-refractivity contribution in [3.8, 4) is 0 Å². The monoisotopic (exact) mass is 263 g/mol. The summed E-state index contributed by atoms with van der Waals surface area (Å²) < 4.78 is 1.91. The largest absolute Gasteiger partial charge is 0.312 e. The van der Waals surface area contributed by atoms with Crippen molar-refractivity contribution in [2.75, 3.05) is 6.54 Å². The number of halogens is 1. The average molecular weight is 264 g/mol. The van der Waals surface area contributed by atoms with E-state index < -0.39 is 0 Å². The highest BCUT2D eigenvalue weighted by Gasteiger charge is 1.98. The molecule has 1 aromatic heterocycles. The van der Waals surface area contributed by atoms with Gasteiger partial charge in [-0.15, -0.1) is 11.6 Å². The van der Waals surface area contributed by atoms with Gasteiger partial charge >= 0.3 is 0 Å². The maximum atomic E-state index is 5.75. The Morgan fingerprint density at radius 2 is 1.89 bits per heavy atom. The summed E-state index contributed by atoms with van der Waals surface area (Å²) in [6, 6.07) is 10.4. The van der Waals surface area contributed by atoms with Crippen molar-refractivity contribution in [1.29, 1.82) is 0 Å². The Balaban J connectivity index is 1.73. The van der Waals surface area contributed by atoms with Crippen LogP contribution in [0.4, 0.5) is 0 Å². The topological polar surface area (TPSA) is 29.9 Å². The third-order valence-corrected chi connectivity index (χ3v) is 3.30. The first-order chi connectivity index (χ1) is 8.79. The molecule has 0 aliphatic rings. The summed E-state index contributed by atoms with van der Waals surface area (Å²) in [5, 5.41) is 7.58. The highest BCUT2D eigenvalue weighted by Crippen LogP contribution is 2.06. The molecule has 0 saturated carbocycles. The number of hydrogen-bond donors (Lipinski definition) is 1. The molecule has 1 heterocycles. The molecule has 4 heteroatoms. The molecule has 18 heavy (non-hydrogen) atoms. The van der Waals surface area contributed by atoms with E-state index in [1.165, 1.54) is 11.3 Å². The number of aromatic nitrogens is 2. The lowest BCUT2D eigenvalue weighted by Crippen LogP contribution is -2.17. The van der Waals surface area contributed by atoms with Crippen LogP contribution in [0.3, 0.4) is 0 Å². The number of aryl methyl sites for hydroxylation is 1. The number of nitrogens with one attached hydrogen (secondary N) is 1. The zero-order valence-electron chi connectivity index (χ0n) is 10.6. The van der Waals surface area contributed by atoms with Crippen molar-refractivity contribution in [3.63, 3.8) is 0 Å². The van der Waals surface area contributed by atoms with Crippen LogP contribution in [0.5, 0.6) is 0 Å². The van der Waals surface area contributed by atoms with Gasteiger partial charge in [0.1, 0.15) is 0 Å². The van der Waals surface area contributed by atoms with Crippen LogP contribution in [-0.4, -0.2) is 16.3 Å². The number of alkyl halides is 1. The van der Waals surface area contributed by atoms with E-state index in [4.69, 9.17) is 11.6 Å². The summed E-state index contributed by atoms with van der Waals surface area (Å²) in [5.41, 5.74) is 3.70. The van der Waals surface area contributed by atoms with Gasteiger partial charge in [-0.05, 0) is 17.2 Å². The molecule has 0 bridgehead atoms. The Hall–Kier alpha value is -1.32. The van der Waals surface area contributed by atoms with Crippen molar-refractivity contribution < 1.29 is 0 Å². The molecule has 3 nitrogen and oxygen atoms in total. The lowest BCUT2D eigenvalue weighted by Gasteiger charge is -2.06. The van der Waals surface area contributed by atoms with E-state index in [0.29, 0.717) is 5.88 Å². The molecular weight excluding hydrogens is 246 g/mol. The molecule has 1 N–H and O–H groups in total. The molecular formula is C14H18ClN3. The van der Waals surface area contributed by atoms with Gasteiger partial charge in [0, 0.05) is 44.3 Å². The highest BCUT2D eigenvalue weighted by atomic mass is 35.5. The van der Waals surface area contributed by atoms with Gasteiger partial charge in [0.05, 0.1) is 0 Å². The van der Waals surface area contributed by atoms with Gasteiger partial charge in [-0.1, -0.05) is 24.3 Å². The Kier molecular flexibility index (Phi) is 4.79. The molecule has 0 fully saturated rings. The first kappa shape index (κ1) is 13.1. The quantitative estimate of drug-likeness (QED) is 0.641. The standard InChI is InChI=1S/C14H18ClN3/c1-18-14(7-9-17-18)6-8-16-11-13-4-2-12(10-15)3-5-13/h2-5,7,9,16H,6,8,10-11H2,1H3. The van der Waals surface area contributed by atoms with E-state index in [9.17, 15) is 0 Å². The van der Waals surface area contributed by atoms with Crippen LogP contribution in [0.1, 0.15) is 16.8 Å². The molecule has 2 rings (SSSR count). The predicted octanol–water partition coefficient (Wildman–Crippen LogP) is 2.49. The molecule has 0 amide bonds. The molecule has 0 unspecified atom stereocenters.